The van der Waals surface area contributed by atoms with Crippen LogP contribution in [0.4, 0.5) is 15.8 Å². The molecule has 1 aromatic carbocycles. The second kappa shape index (κ2) is 6.54. The molecular formula is C16H22FN3O4S. The average molecular weight is 371 g/mol. The fourth-order valence-corrected chi connectivity index (χ4v) is 3.81. The van der Waals surface area contributed by atoms with Gasteiger partial charge in [-0.1, -0.05) is 0 Å². The maximum absolute atomic E-state index is 14.6. The van der Waals surface area contributed by atoms with Crippen molar-refractivity contribution in [3.05, 3.63) is 23.5 Å². The molecule has 1 saturated heterocycles. The van der Waals surface area contributed by atoms with Crippen molar-refractivity contribution in [1.29, 1.82) is 0 Å². The van der Waals surface area contributed by atoms with Crippen LogP contribution in [0, 0.1) is 5.82 Å². The Hall–Kier alpha value is -1.71. The smallest absolute Gasteiger partial charge is 0.336 e. The number of carbonyl (C=O) groups is 1. The molecule has 0 atom stereocenters. The second-order valence-corrected chi connectivity index (χ2v) is 7.99. The zero-order chi connectivity index (χ0) is 18.4. The Bertz CT molecular complexity index is 787. The highest BCUT2D eigenvalue weighted by molar-refractivity contribution is 7.83. The largest absolute Gasteiger partial charge is 0.371 e. The first-order valence-electron chi connectivity index (χ1n) is 8.23. The SMILES string of the molecule is CC(=O)c1cc(F)c(N2CCN(S(=O)(=O)O)CC2)cc1N(C)C1CC1. The lowest BCUT2D eigenvalue weighted by Crippen LogP contribution is -2.48. The molecule has 1 aromatic rings. The van der Waals surface area contributed by atoms with E-state index in [1.807, 2.05) is 11.9 Å². The highest BCUT2D eigenvalue weighted by atomic mass is 32.2. The van der Waals surface area contributed by atoms with E-state index in [0.717, 1.165) is 17.1 Å². The van der Waals surface area contributed by atoms with Gasteiger partial charge in [0.1, 0.15) is 5.82 Å². The molecule has 7 nitrogen and oxygen atoms in total. The standard InChI is InChI=1S/C16H22FN3O4S/c1-11(21)13-9-14(17)16(10-15(13)18(2)12-3-4-12)19-5-7-20(8-6-19)25(22,23)24/h9-10,12H,3-8H2,1-2H3,(H,22,23,24). The minimum Gasteiger partial charge on any atom is -0.371 e. The van der Waals surface area contributed by atoms with Crippen molar-refractivity contribution in [3.8, 4) is 0 Å². The molecule has 138 valence electrons. The van der Waals surface area contributed by atoms with Gasteiger partial charge in [0.15, 0.2) is 5.78 Å². The van der Waals surface area contributed by atoms with Crippen LogP contribution in [0.25, 0.3) is 0 Å². The number of piperazine rings is 1. The van der Waals surface area contributed by atoms with Crippen molar-refractivity contribution >= 4 is 27.5 Å². The topological polar surface area (TPSA) is 81.2 Å². The first kappa shape index (κ1) is 18.1. The molecule has 0 radical (unpaired) electrons. The third kappa shape index (κ3) is 3.78. The van der Waals surface area contributed by atoms with E-state index in [1.165, 1.54) is 13.0 Å². The molecule has 0 unspecified atom stereocenters. The van der Waals surface area contributed by atoms with Gasteiger partial charge in [-0.2, -0.15) is 12.7 Å². The molecule has 9 heteroatoms. The summed E-state index contributed by atoms with van der Waals surface area (Å²) >= 11 is 0. The second-order valence-electron chi connectivity index (χ2n) is 6.58. The zero-order valence-corrected chi connectivity index (χ0v) is 15.1. The molecule has 1 saturated carbocycles. The van der Waals surface area contributed by atoms with E-state index in [9.17, 15) is 17.6 Å². The molecule has 2 aliphatic rings. The summed E-state index contributed by atoms with van der Waals surface area (Å²) in [5.41, 5.74) is 1.40. The van der Waals surface area contributed by atoms with Crippen LogP contribution >= 0.6 is 0 Å². The molecular weight excluding hydrogens is 349 g/mol. The molecule has 0 amide bonds. The summed E-state index contributed by atoms with van der Waals surface area (Å²) in [5, 5.41) is 0. The fourth-order valence-electron chi connectivity index (χ4n) is 3.19. The molecule has 0 aromatic heterocycles. The van der Waals surface area contributed by atoms with Gasteiger partial charge >= 0.3 is 10.3 Å². The molecule has 25 heavy (non-hydrogen) atoms. The Morgan fingerprint density at radius 3 is 2.32 bits per heavy atom. The van der Waals surface area contributed by atoms with Gasteiger partial charge in [0.25, 0.3) is 0 Å². The third-order valence-electron chi connectivity index (χ3n) is 4.82. The Morgan fingerprint density at radius 1 is 1.24 bits per heavy atom. The van der Waals surface area contributed by atoms with E-state index >= 15 is 0 Å². The van der Waals surface area contributed by atoms with Gasteiger partial charge < -0.3 is 9.80 Å². The Morgan fingerprint density at radius 2 is 1.84 bits per heavy atom. The number of Topliss-reactive ketones (excluding diaryl/α,β-unsaturated/α-hetero) is 1. The van der Waals surface area contributed by atoms with Crippen LogP contribution in [0.3, 0.4) is 0 Å². The van der Waals surface area contributed by atoms with Gasteiger partial charge in [-0.3, -0.25) is 9.35 Å². The van der Waals surface area contributed by atoms with Crippen LogP contribution in [0.1, 0.15) is 30.1 Å². The van der Waals surface area contributed by atoms with Crippen LogP contribution in [0.15, 0.2) is 12.1 Å². The Kier molecular flexibility index (Phi) is 4.74. The quantitative estimate of drug-likeness (QED) is 0.625. The van der Waals surface area contributed by atoms with Crippen molar-refractivity contribution in [2.75, 3.05) is 43.0 Å². The predicted molar refractivity (Wildman–Crippen MR) is 93.2 cm³/mol. The van der Waals surface area contributed by atoms with E-state index in [4.69, 9.17) is 4.55 Å². The summed E-state index contributed by atoms with van der Waals surface area (Å²) in [6.07, 6.45) is 2.10. The molecule has 3 rings (SSSR count). The maximum atomic E-state index is 14.6. The summed E-state index contributed by atoms with van der Waals surface area (Å²) in [6.45, 7) is 2.12. The van der Waals surface area contributed by atoms with E-state index in [0.29, 0.717) is 23.0 Å². The van der Waals surface area contributed by atoms with E-state index in [-0.39, 0.29) is 32.0 Å². The number of anilines is 2. The van der Waals surface area contributed by atoms with Crippen molar-refractivity contribution in [1.82, 2.24) is 4.31 Å². The van der Waals surface area contributed by atoms with E-state index in [1.54, 1.807) is 11.0 Å². The lowest BCUT2D eigenvalue weighted by Gasteiger charge is -2.35. The third-order valence-corrected chi connectivity index (χ3v) is 5.84. The number of nitrogens with zero attached hydrogens (tertiary/aromatic N) is 3. The van der Waals surface area contributed by atoms with Crippen molar-refractivity contribution < 1.29 is 22.2 Å². The minimum atomic E-state index is -4.22. The highest BCUT2D eigenvalue weighted by Gasteiger charge is 2.31. The van der Waals surface area contributed by atoms with Crippen LogP contribution < -0.4 is 9.80 Å². The molecule has 1 heterocycles. The number of ketones is 1. The lowest BCUT2D eigenvalue weighted by atomic mass is 10.1. The Labute approximate surface area is 146 Å². The molecule has 0 spiro atoms. The number of hydrogen-bond acceptors (Lipinski definition) is 5. The van der Waals surface area contributed by atoms with E-state index < -0.39 is 16.1 Å². The van der Waals surface area contributed by atoms with Gasteiger partial charge in [0.2, 0.25) is 0 Å². The van der Waals surface area contributed by atoms with Crippen LogP contribution in [0.5, 0.6) is 0 Å². The van der Waals surface area contributed by atoms with Gasteiger partial charge in [-0.15, -0.1) is 0 Å². The normalized spacial score (nSPS) is 19.1. The molecule has 1 N–H and O–H groups in total. The maximum Gasteiger partial charge on any atom is 0.336 e. The van der Waals surface area contributed by atoms with Crippen molar-refractivity contribution in [3.63, 3.8) is 0 Å². The summed E-state index contributed by atoms with van der Waals surface area (Å²) in [7, 11) is -2.32. The number of benzene rings is 1. The van der Waals surface area contributed by atoms with Crippen molar-refractivity contribution in [2.24, 2.45) is 0 Å². The number of halogens is 1. The summed E-state index contributed by atoms with van der Waals surface area (Å²) < 4.78 is 47.0. The molecule has 0 bridgehead atoms. The van der Waals surface area contributed by atoms with Crippen LogP contribution in [-0.2, 0) is 10.3 Å². The molecule has 1 aliphatic carbocycles. The first-order valence-corrected chi connectivity index (χ1v) is 9.63. The summed E-state index contributed by atoms with van der Waals surface area (Å²) in [5.74, 6) is -0.692. The summed E-state index contributed by atoms with van der Waals surface area (Å²) in [6, 6.07) is 3.31. The molecule has 2 fully saturated rings. The summed E-state index contributed by atoms with van der Waals surface area (Å²) in [4.78, 5) is 15.6. The number of carbonyl (C=O) groups excluding carboxylic acids is 1. The monoisotopic (exact) mass is 371 g/mol. The van der Waals surface area contributed by atoms with Crippen LogP contribution in [-0.4, -0.2) is 62.3 Å². The average Bonchev–Trinajstić information content (AvgIpc) is 3.38. The van der Waals surface area contributed by atoms with E-state index in [2.05, 4.69) is 0 Å². The minimum absolute atomic E-state index is 0.0839. The van der Waals surface area contributed by atoms with Crippen molar-refractivity contribution in [2.45, 2.75) is 25.8 Å². The number of rotatable bonds is 5. The molecule has 1 aliphatic heterocycles. The van der Waals surface area contributed by atoms with Gasteiger partial charge in [0.05, 0.1) is 5.69 Å². The Balaban J connectivity index is 1.89. The zero-order valence-electron chi connectivity index (χ0n) is 14.3. The first-order chi connectivity index (χ1) is 11.7. The van der Waals surface area contributed by atoms with Gasteiger partial charge in [-0.25, -0.2) is 4.39 Å². The van der Waals surface area contributed by atoms with Gasteiger partial charge in [-0.05, 0) is 31.9 Å². The number of hydrogen-bond donors (Lipinski definition) is 1. The predicted octanol–water partition coefficient (Wildman–Crippen LogP) is 1.55. The lowest BCUT2D eigenvalue weighted by molar-refractivity contribution is 0.101. The van der Waals surface area contributed by atoms with Crippen LogP contribution in [0.2, 0.25) is 0 Å². The van der Waals surface area contributed by atoms with Gasteiger partial charge in [0, 0.05) is 50.5 Å². The highest BCUT2D eigenvalue weighted by Crippen LogP contribution is 2.36. The fraction of sp³-hybridized carbons (Fsp3) is 0.562.